The number of halogens is 3. The fourth-order valence-corrected chi connectivity index (χ4v) is 4.87. The molecular formula is C30H31F3N8O. The van der Waals surface area contributed by atoms with Crippen molar-refractivity contribution in [2.24, 2.45) is 0 Å². The quantitative estimate of drug-likeness (QED) is 0.344. The number of fused-ring (bicyclic) bond motifs is 1. The Balaban J connectivity index is 1.38. The van der Waals surface area contributed by atoms with Gasteiger partial charge in [-0.3, -0.25) is 9.69 Å². The third kappa shape index (κ3) is 6.22. The molecule has 1 aliphatic rings. The highest BCUT2D eigenvalue weighted by atomic mass is 19.4. The minimum atomic E-state index is -4.59. The van der Waals surface area contributed by atoms with Crippen LogP contribution in [-0.2, 0) is 19.3 Å². The lowest BCUT2D eigenvalue weighted by Crippen LogP contribution is -2.44. The molecule has 5 rings (SSSR count). The second-order valence-electron chi connectivity index (χ2n) is 10.3. The molecule has 4 aromatic rings. The number of nitrogens with one attached hydrogen (secondary N) is 1. The number of nitrogen functional groups attached to an aromatic ring is 1. The van der Waals surface area contributed by atoms with Crippen LogP contribution in [0.3, 0.4) is 0 Å². The van der Waals surface area contributed by atoms with Crippen LogP contribution in [0, 0.1) is 18.8 Å². The van der Waals surface area contributed by atoms with Gasteiger partial charge in [-0.25, -0.2) is 14.6 Å². The number of nitrogens with zero attached hydrogens (tertiary/aromatic N) is 6. The molecule has 0 spiro atoms. The Hall–Kier alpha value is -4.47. The van der Waals surface area contributed by atoms with Crippen LogP contribution in [0.2, 0.25) is 0 Å². The Kier molecular flexibility index (Phi) is 8.15. The maximum atomic E-state index is 14.0. The molecule has 42 heavy (non-hydrogen) atoms. The Morgan fingerprint density at radius 3 is 2.55 bits per heavy atom. The Bertz CT molecular complexity index is 1690. The topological polar surface area (TPSA) is 105 Å². The zero-order valence-electron chi connectivity index (χ0n) is 23.6. The van der Waals surface area contributed by atoms with E-state index in [1.165, 1.54) is 18.5 Å². The van der Waals surface area contributed by atoms with E-state index in [-0.39, 0.29) is 23.5 Å². The first-order chi connectivity index (χ1) is 20.0. The summed E-state index contributed by atoms with van der Waals surface area (Å²) in [6.45, 7) is 7.51. The van der Waals surface area contributed by atoms with Gasteiger partial charge < -0.3 is 16.0 Å². The second-order valence-corrected chi connectivity index (χ2v) is 10.3. The third-order valence-electron chi connectivity index (χ3n) is 7.34. The van der Waals surface area contributed by atoms with E-state index in [9.17, 15) is 18.0 Å². The molecule has 12 heteroatoms. The molecule has 1 aliphatic heterocycles. The molecule has 3 N–H and O–H groups in total. The van der Waals surface area contributed by atoms with E-state index in [2.05, 4.69) is 37.1 Å². The SMILES string of the molecule is CCn1nc(C#Cc2cc(NC(=O)c3ccc(CN4CCN(C)CC4)c(C(F)(F)F)c3)ccc2C)c2c(N)ncnc21. The normalized spacial score (nSPS) is 14.5. The molecule has 218 valence electrons. The summed E-state index contributed by atoms with van der Waals surface area (Å²) >= 11 is 0. The minimum absolute atomic E-state index is 0.0790. The summed E-state index contributed by atoms with van der Waals surface area (Å²) in [6, 6.07) is 8.89. The smallest absolute Gasteiger partial charge is 0.383 e. The molecule has 0 radical (unpaired) electrons. The van der Waals surface area contributed by atoms with Crippen LogP contribution in [-0.4, -0.2) is 68.7 Å². The van der Waals surface area contributed by atoms with Crippen molar-refractivity contribution in [2.75, 3.05) is 44.3 Å². The highest BCUT2D eigenvalue weighted by molar-refractivity contribution is 6.04. The Morgan fingerprint density at radius 2 is 1.83 bits per heavy atom. The molecule has 0 aliphatic carbocycles. The summed E-state index contributed by atoms with van der Waals surface area (Å²) in [5.41, 5.74) is 8.20. The first-order valence-electron chi connectivity index (χ1n) is 13.6. The molecule has 2 aromatic heterocycles. The van der Waals surface area contributed by atoms with Gasteiger partial charge in [0.25, 0.3) is 5.91 Å². The van der Waals surface area contributed by atoms with E-state index < -0.39 is 17.6 Å². The number of carbonyl (C=O) groups excluding carboxylic acids is 1. The number of amides is 1. The zero-order valence-corrected chi connectivity index (χ0v) is 23.6. The first kappa shape index (κ1) is 29.0. The average Bonchev–Trinajstić information content (AvgIpc) is 3.33. The fraction of sp³-hybridized carbons (Fsp3) is 0.333. The molecule has 3 heterocycles. The predicted molar refractivity (Wildman–Crippen MR) is 155 cm³/mol. The Labute approximate surface area is 241 Å². The molecule has 1 amide bonds. The van der Waals surface area contributed by atoms with Crippen molar-refractivity contribution in [3.8, 4) is 11.8 Å². The summed E-state index contributed by atoms with van der Waals surface area (Å²) < 4.78 is 43.7. The maximum Gasteiger partial charge on any atom is 0.416 e. The fourth-order valence-electron chi connectivity index (χ4n) is 4.87. The van der Waals surface area contributed by atoms with Crippen LogP contribution in [0.1, 0.15) is 45.2 Å². The van der Waals surface area contributed by atoms with Crippen LogP contribution in [0.5, 0.6) is 0 Å². The lowest BCUT2D eigenvalue weighted by Gasteiger charge is -2.33. The third-order valence-corrected chi connectivity index (χ3v) is 7.34. The summed E-state index contributed by atoms with van der Waals surface area (Å²) in [7, 11) is 1.99. The van der Waals surface area contributed by atoms with Gasteiger partial charge in [0.15, 0.2) is 5.65 Å². The van der Waals surface area contributed by atoms with Crippen molar-refractivity contribution in [1.82, 2.24) is 29.5 Å². The number of likely N-dealkylation sites (N-methyl/N-ethyl adjacent to an activating group) is 1. The van der Waals surface area contributed by atoms with Gasteiger partial charge in [-0.05, 0) is 62.2 Å². The molecule has 9 nitrogen and oxygen atoms in total. The van der Waals surface area contributed by atoms with Gasteiger partial charge in [-0.15, -0.1) is 0 Å². The number of aromatic nitrogens is 4. The molecule has 0 unspecified atom stereocenters. The number of hydrogen-bond acceptors (Lipinski definition) is 7. The van der Waals surface area contributed by atoms with Crippen LogP contribution < -0.4 is 11.1 Å². The number of benzene rings is 2. The monoisotopic (exact) mass is 576 g/mol. The molecular weight excluding hydrogens is 545 g/mol. The van der Waals surface area contributed by atoms with Gasteiger partial charge in [-0.1, -0.05) is 18.1 Å². The van der Waals surface area contributed by atoms with Crippen LogP contribution in [0.25, 0.3) is 11.0 Å². The van der Waals surface area contributed by atoms with E-state index in [4.69, 9.17) is 5.73 Å². The molecule has 1 fully saturated rings. The van der Waals surface area contributed by atoms with Crippen LogP contribution in [0.4, 0.5) is 24.7 Å². The number of aryl methyl sites for hydroxylation is 2. The number of rotatable bonds is 5. The van der Waals surface area contributed by atoms with Crippen LogP contribution in [0.15, 0.2) is 42.7 Å². The van der Waals surface area contributed by atoms with Crippen molar-refractivity contribution in [3.63, 3.8) is 0 Å². The lowest BCUT2D eigenvalue weighted by atomic mass is 10.0. The van der Waals surface area contributed by atoms with Crippen molar-refractivity contribution in [1.29, 1.82) is 0 Å². The standard InChI is InChI=1S/C30H31F3N8O/c1-4-41-28-26(27(34)35-18-36-28)25(38-41)10-8-20-15-23(9-5-19(20)2)37-29(42)21-6-7-22(24(16-21)30(31,32)33)17-40-13-11-39(3)12-14-40/h5-7,9,15-16,18H,4,11-14,17H2,1-3H3,(H,37,42)(H2,34,35,36). The van der Waals surface area contributed by atoms with E-state index >= 15 is 0 Å². The molecule has 0 atom stereocenters. The summed E-state index contributed by atoms with van der Waals surface area (Å²) in [4.78, 5) is 25.5. The highest BCUT2D eigenvalue weighted by Gasteiger charge is 2.34. The number of hydrogen-bond donors (Lipinski definition) is 2. The van der Waals surface area contributed by atoms with Crippen molar-refractivity contribution >= 4 is 28.4 Å². The van der Waals surface area contributed by atoms with E-state index in [1.807, 2.05) is 25.8 Å². The summed E-state index contributed by atoms with van der Waals surface area (Å²) in [5, 5.41) is 7.76. The summed E-state index contributed by atoms with van der Waals surface area (Å²) in [5.74, 6) is 5.73. The molecule has 0 saturated carbocycles. The van der Waals surface area contributed by atoms with E-state index in [0.29, 0.717) is 47.6 Å². The van der Waals surface area contributed by atoms with Gasteiger partial charge in [0.05, 0.1) is 10.9 Å². The van der Waals surface area contributed by atoms with Gasteiger partial charge in [0.2, 0.25) is 0 Å². The largest absolute Gasteiger partial charge is 0.416 e. The first-order valence-corrected chi connectivity index (χ1v) is 13.6. The van der Waals surface area contributed by atoms with Gasteiger partial charge in [0.1, 0.15) is 17.8 Å². The second kappa shape index (κ2) is 11.8. The van der Waals surface area contributed by atoms with Crippen molar-refractivity contribution < 1.29 is 18.0 Å². The van der Waals surface area contributed by atoms with E-state index in [0.717, 1.165) is 24.7 Å². The molecule has 0 bridgehead atoms. The van der Waals surface area contributed by atoms with Gasteiger partial charge in [-0.2, -0.15) is 18.3 Å². The zero-order chi connectivity index (χ0) is 30.0. The van der Waals surface area contributed by atoms with Crippen LogP contribution >= 0.6 is 0 Å². The number of anilines is 2. The van der Waals surface area contributed by atoms with E-state index in [1.54, 1.807) is 22.9 Å². The minimum Gasteiger partial charge on any atom is -0.383 e. The highest BCUT2D eigenvalue weighted by Crippen LogP contribution is 2.34. The lowest BCUT2D eigenvalue weighted by molar-refractivity contribution is -0.138. The van der Waals surface area contributed by atoms with Gasteiger partial charge in [0, 0.05) is 56.1 Å². The Morgan fingerprint density at radius 1 is 1.07 bits per heavy atom. The van der Waals surface area contributed by atoms with Crippen molar-refractivity contribution in [2.45, 2.75) is 33.1 Å². The average molecular weight is 577 g/mol. The number of alkyl halides is 3. The van der Waals surface area contributed by atoms with Gasteiger partial charge >= 0.3 is 6.18 Å². The molecule has 2 aromatic carbocycles. The summed E-state index contributed by atoms with van der Waals surface area (Å²) in [6.07, 6.45) is -3.22. The number of piperazine rings is 1. The van der Waals surface area contributed by atoms with Crippen molar-refractivity contribution in [3.05, 3.63) is 76.2 Å². The molecule has 1 saturated heterocycles. The number of nitrogens with two attached hydrogens (primary N) is 1. The maximum absolute atomic E-state index is 14.0. The predicted octanol–water partition coefficient (Wildman–Crippen LogP) is 4.16. The number of carbonyl (C=O) groups is 1.